The molecule has 0 bridgehead atoms. The fourth-order valence-electron chi connectivity index (χ4n) is 3.17. The van der Waals surface area contributed by atoms with E-state index in [4.69, 9.17) is 18.6 Å². The van der Waals surface area contributed by atoms with Gasteiger partial charge in [0.05, 0.1) is 27.2 Å². The highest BCUT2D eigenvalue weighted by Crippen LogP contribution is 2.38. The zero-order valence-electron chi connectivity index (χ0n) is 15.7. The Morgan fingerprint density at radius 3 is 2.39 bits per heavy atom. The molecule has 0 amide bonds. The molecule has 0 N–H and O–H groups in total. The van der Waals surface area contributed by atoms with Gasteiger partial charge in [-0.15, -0.1) is 0 Å². The molecule has 0 radical (unpaired) electrons. The summed E-state index contributed by atoms with van der Waals surface area (Å²) in [5, 5.41) is 0.523. The summed E-state index contributed by atoms with van der Waals surface area (Å²) in [5.41, 5.74) is 0.696. The average Bonchev–Trinajstić information content (AvgIpc) is 2.71. The Kier molecular flexibility index (Phi) is 5.63. The van der Waals surface area contributed by atoms with Gasteiger partial charge in [-0.05, 0) is 41.8 Å². The fourth-order valence-corrected chi connectivity index (χ4v) is 3.17. The van der Waals surface area contributed by atoms with Crippen LogP contribution in [0.1, 0.15) is 17.0 Å². The third-order valence-corrected chi connectivity index (χ3v) is 4.50. The minimum absolute atomic E-state index is 0.178. The van der Waals surface area contributed by atoms with Crippen LogP contribution in [0.3, 0.4) is 0 Å². The van der Waals surface area contributed by atoms with Crippen molar-refractivity contribution in [2.75, 3.05) is 21.3 Å². The lowest BCUT2D eigenvalue weighted by Gasteiger charge is -2.18. The van der Waals surface area contributed by atoms with Gasteiger partial charge >= 0.3 is 11.6 Å². The van der Waals surface area contributed by atoms with Crippen LogP contribution in [0.4, 0.5) is 4.39 Å². The van der Waals surface area contributed by atoms with Gasteiger partial charge in [-0.2, -0.15) is 0 Å². The third kappa shape index (κ3) is 3.69. The molecule has 1 aromatic heterocycles. The lowest BCUT2D eigenvalue weighted by molar-refractivity contribution is -0.142. The largest absolute Gasteiger partial charge is 0.493 e. The van der Waals surface area contributed by atoms with Gasteiger partial charge in [0.1, 0.15) is 5.82 Å². The van der Waals surface area contributed by atoms with Crippen molar-refractivity contribution in [1.82, 2.24) is 0 Å². The highest BCUT2D eigenvalue weighted by molar-refractivity contribution is 5.92. The second-order valence-electron chi connectivity index (χ2n) is 6.10. The van der Waals surface area contributed by atoms with Crippen LogP contribution in [-0.4, -0.2) is 27.3 Å². The van der Waals surface area contributed by atoms with Crippen molar-refractivity contribution in [3.8, 4) is 11.5 Å². The fraction of sp³-hybridized carbons (Fsp3) is 0.238. The molecule has 0 aliphatic rings. The smallest absolute Gasteiger partial charge is 0.336 e. The first-order valence-electron chi connectivity index (χ1n) is 8.49. The molecule has 0 saturated carbocycles. The number of halogens is 1. The first-order valence-corrected chi connectivity index (χ1v) is 8.49. The maximum atomic E-state index is 13.2. The van der Waals surface area contributed by atoms with E-state index >= 15 is 0 Å². The van der Waals surface area contributed by atoms with Crippen molar-refractivity contribution in [2.45, 2.75) is 12.3 Å². The minimum Gasteiger partial charge on any atom is -0.493 e. The highest BCUT2D eigenvalue weighted by Gasteiger charge is 2.27. The molecule has 7 heteroatoms. The van der Waals surface area contributed by atoms with E-state index in [1.54, 1.807) is 24.3 Å². The predicted octanol–water partition coefficient (Wildman–Crippen LogP) is 3.45. The lowest BCUT2D eigenvalue weighted by atomic mass is 9.90. The Morgan fingerprint density at radius 1 is 1.07 bits per heavy atom. The van der Waals surface area contributed by atoms with E-state index in [1.807, 2.05) is 0 Å². The van der Waals surface area contributed by atoms with E-state index in [9.17, 15) is 14.0 Å². The predicted molar refractivity (Wildman–Crippen MR) is 100 cm³/mol. The Balaban J connectivity index is 2.20. The van der Waals surface area contributed by atoms with E-state index in [0.29, 0.717) is 16.7 Å². The number of fused-ring (bicyclic) bond motifs is 1. The van der Waals surface area contributed by atoms with Crippen molar-refractivity contribution in [3.63, 3.8) is 0 Å². The molecule has 3 rings (SSSR count). The van der Waals surface area contributed by atoms with E-state index in [-0.39, 0.29) is 23.6 Å². The molecule has 6 nitrogen and oxygen atoms in total. The van der Waals surface area contributed by atoms with Crippen LogP contribution in [0.25, 0.3) is 11.0 Å². The monoisotopic (exact) mass is 386 g/mol. The average molecular weight is 386 g/mol. The second-order valence-corrected chi connectivity index (χ2v) is 6.10. The van der Waals surface area contributed by atoms with Gasteiger partial charge in [-0.3, -0.25) is 4.79 Å². The van der Waals surface area contributed by atoms with Crippen LogP contribution >= 0.6 is 0 Å². The molecule has 0 saturated heterocycles. The van der Waals surface area contributed by atoms with Crippen molar-refractivity contribution in [2.24, 2.45) is 0 Å². The lowest BCUT2D eigenvalue weighted by Crippen LogP contribution is -2.19. The van der Waals surface area contributed by atoms with Gasteiger partial charge in [0.25, 0.3) is 0 Å². The number of methoxy groups -OCH3 is 3. The molecule has 0 aliphatic heterocycles. The Bertz CT molecular complexity index is 1050. The van der Waals surface area contributed by atoms with Crippen molar-refractivity contribution >= 4 is 16.9 Å². The van der Waals surface area contributed by atoms with Gasteiger partial charge in [0.2, 0.25) is 5.75 Å². The number of benzene rings is 2. The van der Waals surface area contributed by atoms with Crippen molar-refractivity contribution in [3.05, 3.63) is 69.8 Å². The molecule has 28 heavy (non-hydrogen) atoms. The molecular weight excluding hydrogens is 367 g/mol. The standard InChI is InChI=1S/C21H19FO6/c1-25-17-9-8-14-15(11-18(23)28-19(14)20(17)26-2)16(21(24)27-3)10-12-4-6-13(22)7-5-12/h4-9,11,16H,10H2,1-3H3/t16-/m0/s1. The van der Waals surface area contributed by atoms with Gasteiger partial charge < -0.3 is 18.6 Å². The van der Waals surface area contributed by atoms with Crippen molar-refractivity contribution < 1.29 is 27.8 Å². The SMILES string of the molecule is COC(=O)[C@@H](Cc1ccc(F)cc1)c1cc(=O)oc2c(OC)c(OC)ccc12. The summed E-state index contributed by atoms with van der Waals surface area (Å²) in [6.07, 6.45) is 0.222. The van der Waals surface area contributed by atoms with Gasteiger partial charge in [-0.1, -0.05) is 12.1 Å². The zero-order valence-corrected chi connectivity index (χ0v) is 15.7. The summed E-state index contributed by atoms with van der Waals surface area (Å²) in [6.45, 7) is 0. The van der Waals surface area contributed by atoms with Crippen LogP contribution in [0.2, 0.25) is 0 Å². The zero-order chi connectivity index (χ0) is 20.3. The van der Waals surface area contributed by atoms with Crippen LogP contribution in [0.5, 0.6) is 11.5 Å². The maximum Gasteiger partial charge on any atom is 0.336 e. The minimum atomic E-state index is -0.792. The van der Waals surface area contributed by atoms with Gasteiger partial charge in [-0.25, -0.2) is 9.18 Å². The maximum absolute atomic E-state index is 13.2. The van der Waals surface area contributed by atoms with Crippen LogP contribution < -0.4 is 15.1 Å². The molecule has 3 aromatic rings. The number of carbonyl (C=O) groups excluding carboxylic acids is 1. The number of carbonyl (C=O) groups is 1. The molecular formula is C21H19FO6. The van der Waals surface area contributed by atoms with E-state index in [2.05, 4.69) is 0 Å². The van der Waals surface area contributed by atoms with Crippen LogP contribution in [0, 0.1) is 5.82 Å². The molecule has 0 fully saturated rings. The summed E-state index contributed by atoms with van der Waals surface area (Å²) >= 11 is 0. The van der Waals surface area contributed by atoms with Gasteiger partial charge in [0, 0.05) is 11.5 Å². The summed E-state index contributed by atoms with van der Waals surface area (Å²) in [7, 11) is 4.18. The number of hydrogen-bond donors (Lipinski definition) is 0. The molecule has 2 aromatic carbocycles. The van der Waals surface area contributed by atoms with Crippen LogP contribution in [0.15, 0.2) is 51.7 Å². The number of rotatable bonds is 6. The van der Waals surface area contributed by atoms with Gasteiger partial charge in [0.15, 0.2) is 11.3 Å². The summed E-state index contributed by atoms with van der Waals surface area (Å²) in [5.74, 6) is -1.04. The van der Waals surface area contributed by atoms with E-state index in [1.165, 1.54) is 39.5 Å². The second kappa shape index (κ2) is 8.12. The number of hydrogen-bond acceptors (Lipinski definition) is 6. The Labute approximate surface area is 160 Å². The molecule has 1 atom stereocenters. The summed E-state index contributed by atoms with van der Waals surface area (Å²) in [4.78, 5) is 24.8. The summed E-state index contributed by atoms with van der Waals surface area (Å²) in [6, 6.07) is 10.4. The first-order chi connectivity index (χ1) is 13.5. The summed E-state index contributed by atoms with van der Waals surface area (Å²) < 4.78 is 34.1. The first kappa shape index (κ1) is 19.4. The quantitative estimate of drug-likeness (QED) is 0.477. The Morgan fingerprint density at radius 2 is 1.79 bits per heavy atom. The molecule has 0 aliphatic carbocycles. The molecule has 1 heterocycles. The van der Waals surface area contributed by atoms with Crippen LogP contribution in [-0.2, 0) is 16.0 Å². The third-order valence-electron chi connectivity index (χ3n) is 4.50. The molecule has 0 spiro atoms. The van der Waals surface area contributed by atoms with Crippen molar-refractivity contribution in [1.29, 1.82) is 0 Å². The van der Waals surface area contributed by atoms with E-state index in [0.717, 1.165) is 5.56 Å². The number of esters is 1. The number of ether oxygens (including phenoxy) is 3. The highest BCUT2D eigenvalue weighted by atomic mass is 19.1. The molecule has 0 unspecified atom stereocenters. The van der Waals surface area contributed by atoms with E-state index < -0.39 is 17.5 Å². The molecule has 146 valence electrons. The topological polar surface area (TPSA) is 75.0 Å². The normalized spacial score (nSPS) is 11.9. The Hall–Kier alpha value is -3.35.